The summed E-state index contributed by atoms with van der Waals surface area (Å²) < 4.78 is 13.2. The molecule has 0 saturated heterocycles. The molecule has 96 valence electrons. The van der Waals surface area contributed by atoms with Crippen LogP contribution in [0.4, 0.5) is 4.39 Å². The maximum Gasteiger partial charge on any atom is 0.222 e. The van der Waals surface area contributed by atoms with Gasteiger partial charge in [0.15, 0.2) is 0 Å². The van der Waals surface area contributed by atoms with Gasteiger partial charge >= 0.3 is 0 Å². The minimum atomic E-state index is -1.17. The second-order valence-electron chi connectivity index (χ2n) is 5.69. The lowest BCUT2D eigenvalue weighted by molar-refractivity contribution is -0.134. The van der Waals surface area contributed by atoms with Crippen LogP contribution >= 0.6 is 0 Å². The van der Waals surface area contributed by atoms with Crippen LogP contribution in [-0.4, -0.2) is 29.1 Å². The Hall–Kier alpha value is -0.600. The minimum absolute atomic E-state index is 0.108. The summed E-state index contributed by atoms with van der Waals surface area (Å²) in [5.41, 5.74) is -1.28. The third-order valence-corrected chi connectivity index (χ3v) is 3.31. The molecule has 0 unspecified atom stereocenters. The third-order valence-electron chi connectivity index (χ3n) is 3.31. The molecule has 0 aromatic rings. The fraction of sp³-hybridized carbons (Fsp3) is 0.923. The maximum absolute atomic E-state index is 13.2. The molecular weight excluding hydrogens is 205 g/mol. The molecule has 0 aliphatic heterocycles. The number of hydrogen-bond acceptors (Lipinski definition) is 1. The molecule has 0 atom stereocenters. The molecule has 0 heterocycles. The predicted molar refractivity (Wildman–Crippen MR) is 66.2 cm³/mol. The summed E-state index contributed by atoms with van der Waals surface area (Å²) in [6.45, 7) is 9.26. The van der Waals surface area contributed by atoms with Gasteiger partial charge in [0.25, 0.3) is 0 Å². The van der Waals surface area contributed by atoms with Crippen LogP contribution in [0.1, 0.15) is 60.3 Å². The Morgan fingerprint density at radius 2 is 1.75 bits per heavy atom. The van der Waals surface area contributed by atoms with Crippen molar-refractivity contribution < 1.29 is 9.18 Å². The average Bonchev–Trinajstić information content (AvgIpc) is 2.14. The Balaban J connectivity index is 4.08. The Labute approximate surface area is 99.2 Å². The zero-order chi connectivity index (χ0) is 13.0. The predicted octanol–water partition coefficient (Wildman–Crippen LogP) is 3.55. The van der Waals surface area contributed by atoms with Crippen LogP contribution in [0.5, 0.6) is 0 Å². The first kappa shape index (κ1) is 15.4. The Morgan fingerprint density at radius 1 is 1.25 bits per heavy atom. The van der Waals surface area contributed by atoms with E-state index < -0.39 is 5.67 Å². The first-order valence-electron chi connectivity index (χ1n) is 6.06. The second-order valence-corrected chi connectivity index (χ2v) is 5.69. The van der Waals surface area contributed by atoms with Crippen molar-refractivity contribution in [3.8, 4) is 0 Å². The van der Waals surface area contributed by atoms with Crippen molar-refractivity contribution in [2.75, 3.05) is 7.05 Å². The number of alkyl halides is 1. The van der Waals surface area contributed by atoms with Gasteiger partial charge in [0.2, 0.25) is 5.91 Å². The molecule has 2 nitrogen and oxygen atoms in total. The highest BCUT2D eigenvalue weighted by Crippen LogP contribution is 2.20. The zero-order valence-corrected chi connectivity index (χ0v) is 11.6. The van der Waals surface area contributed by atoms with E-state index in [1.165, 1.54) is 0 Å². The Kier molecular flexibility index (Phi) is 5.43. The fourth-order valence-electron chi connectivity index (χ4n) is 1.40. The molecule has 0 aromatic heterocycles. The normalized spacial score (nSPS) is 12.7. The molecule has 0 radical (unpaired) electrons. The van der Waals surface area contributed by atoms with Crippen molar-refractivity contribution in [2.24, 2.45) is 0 Å². The largest absolute Gasteiger partial charge is 0.341 e. The van der Waals surface area contributed by atoms with Crippen LogP contribution in [0.2, 0.25) is 0 Å². The average molecular weight is 231 g/mol. The summed E-state index contributed by atoms with van der Waals surface area (Å²) in [6.07, 6.45) is 2.42. The molecule has 0 aromatic carbocycles. The van der Waals surface area contributed by atoms with Gasteiger partial charge in [-0.15, -0.1) is 0 Å². The van der Waals surface area contributed by atoms with Crippen LogP contribution in [0.15, 0.2) is 0 Å². The number of carbonyl (C=O) groups is 1. The van der Waals surface area contributed by atoms with E-state index in [1.807, 2.05) is 20.9 Å². The number of rotatable bonds is 6. The fourth-order valence-corrected chi connectivity index (χ4v) is 1.40. The van der Waals surface area contributed by atoms with Gasteiger partial charge in [-0.1, -0.05) is 6.92 Å². The number of amides is 1. The van der Waals surface area contributed by atoms with Crippen molar-refractivity contribution in [1.29, 1.82) is 0 Å². The lowest BCUT2D eigenvalue weighted by atomic mass is 9.98. The monoisotopic (exact) mass is 231 g/mol. The van der Waals surface area contributed by atoms with E-state index in [0.717, 1.165) is 6.42 Å². The highest BCUT2D eigenvalue weighted by atomic mass is 19.1. The number of halogens is 1. The maximum atomic E-state index is 13.2. The molecule has 0 fully saturated rings. The second kappa shape index (κ2) is 5.65. The summed E-state index contributed by atoms with van der Waals surface area (Å²) in [5.74, 6) is 0.108. The first-order chi connectivity index (χ1) is 7.10. The van der Waals surface area contributed by atoms with Crippen molar-refractivity contribution in [3.63, 3.8) is 0 Å². The first-order valence-corrected chi connectivity index (χ1v) is 6.06. The summed E-state index contributed by atoms with van der Waals surface area (Å²) >= 11 is 0. The van der Waals surface area contributed by atoms with Gasteiger partial charge in [0.1, 0.15) is 5.67 Å². The molecule has 0 saturated carbocycles. The van der Waals surface area contributed by atoms with Crippen molar-refractivity contribution in [2.45, 2.75) is 71.5 Å². The molecule has 3 heteroatoms. The van der Waals surface area contributed by atoms with Crippen LogP contribution in [-0.2, 0) is 4.79 Å². The molecule has 0 spiro atoms. The Morgan fingerprint density at radius 3 is 2.12 bits per heavy atom. The summed E-state index contributed by atoms with van der Waals surface area (Å²) in [5, 5.41) is 0. The SMILES string of the molecule is CCC(C)(C)N(C)C(=O)CCCC(C)(C)F. The standard InChI is InChI=1S/C13H26FNO/c1-7-13(4,5)15(6)11(16)9-8-10-12(2,3)14/h7-10H2,1-6H3. The molecule has 0 N–H and O–H groups in total. The van der Waals surface area contributed by atoms with Crippen LogP contribution in [0.3, 0.4) is 0 Å². The molecule has 0 aliphatic rings. The van der Waals surface area contributed by atoms with Gasteiger partial charge in [-0.3, -0.25) is 4.79 Å². The number of hydrogen-bond donors (Lipinski definition) is 0. The zero-order valence-electron chi connectivity index (χ0n) is 11.6. The molecule has 0 rings (SSSR count). The van der Waals surface area contributed by atoms with Crippen LogP contribution in [0.25, 0.3) is 0 Å². The van der Waals surface area contributed by atoms with Gasteiger partial charge in [-0.25, -0.2) is 4.39 Å². The quantitative estimate of drug-likeness (QED) is 0.684. The lowest BCUT2D eigenvalue weighted by Gasteiger charge is -2.35. The molecule has 0 aliphatic carbocycles. The highest BCUT2D eigenvalue weighted by molar-refractivity contribution is 5.76. The van der Waals surface area contributed by atoms with E-state index in [0.29, 0.717) is 19.3 Å². The summed E-state index contributed by atoms with van der Waals surface area (Å²) in [4.78, 5) is 13.6. The number of carbonyl (C=O) groups excluding carboxylic acids is 1. The lowest BCUT2D eigenvalue weighted by Crippen LogP contribution is -2.44. The highest BCUT2D eigenvalue weighted by Gasteiger charge is 2.25. The molecular formula is C13H26FNO. The van der Waals surface area contributed by atoms with Gasteiger partial charge in [0, 0.05) is 19.0 Å². The van der Waals surface area contributed by atoms with Crippen molar-refractivity contribution in [3.05, 3.63) is 0 Å². The minimum Gasteiger partial charge on any atom is -0.341 e. The smallest absolute Gasteiger partial charge is 0.222 e. The van der Waals surface area contributed by atoms with Gasteiger partial charge in [-0.05, 0) is 47.0 Å². The van der Waals surface area contributed by atoms with Crippen molar-refractivity contribution >= 4 is 5.91 Å². The topological polar surface area (TPSA) is 20.3 Å². The molecule has 0 bridgehead atoms. The van der Waals surface area contributed by atoms with Crippen LogP contribution < -0.4 is 0 Å². The van der Waals surface area contributed by atoms with E-state index in [-0.39, 0.29) is 11.4 Å². The van der Waals surface area contributed by atoms with Gasteiger partial charge in [-0.2, -0.15) is 0 Å². The van der Waals surface area contributed by atoms with Crippen molar-refractivity contribution in [1.82, 2.24) is 4.90 Å². The van der Waals surface area contributed by atoms with E-state index in [9.17, 15) is 9.18 Å². The van der Waals surface area contributed by atoms with E-state index >= 15 is 0 Å². The van der Waals surface area contributed by atoms with E-state index in [1.54, 1.807) is 18.7 Å². The Bertz CT molecular complexity index is 231. The third kappa shape index (κ3) is 5.47. The van der Waals surface area contributed by atoms with Crippen LogP contribution in [0, 0.1) is 0 Å². The molecule has 1 amide bonds. The molecule has 16 heavy (non-hydrogen) atoms. The summed E-state index contributed by atoms with van der Waals surface area (Å²) in [6, 6.07) is 0. The van der Waals surface area contributed by atoms with E-state index in [4.69, 9.17) is 0 Å². The van der Waals surface area contributed by atoms with Gasteiger partial charge in [0.05, 0.1) is 0 Å². The number of nitrogens with zero attached hydrogens (tertiary/aromatic N) is 1. The van der Waals surface area contributed by atoms with Gasteiger partial charge < -0.3 is 4.90 Å². The summed E-state index contributed by atoms with van der Waals surface area (Å²) in [7, 11) is 1.83. The van der Waals surface area contributed by atoms with E-state index in [2.05, 4.69) is 6.92 Å².